The van der Waals surface area contributed by atoms with Crippen molar-refractivity contribution in [2.75, 3.05) is 0 Å². The molecule has 0 bridgehead atoms. The highest BCUT2D eigenvalue weighted by Gasteiger charge is 2.55. The van der Waals surface area contributed by atoms with Crippen LogP contribution in [-0.2, 0) is 37.0 Å². The Bertz CT molecular complexity index is 1200. The van der Waals surface area contributed by atoms with Crippen molar-refractivity contribution < 1.29 is 0 Å². The maximum Gasteiger partial charge on any atom is 0.0667 e. The van der Waals surface area contributed by atoms with Crippen molar-refractivity contribution in [3.8, 4) is 0 Å². The van der Waals surface area contributed by atoms with E-state index < -0.39 is 0 Å². The first-order valence-electron chi connectivity index (χ1n) is 13.6. The van der Waals surface area contributed by atoms with Crippen LogP contribution in [0, 0.1) is 0 Å². The van der Waals surface area contributed by atoms with Crippen LogP contribution in [0.15, 0.2) is 109 Å². The van der Waals surface area contributed by atoms with Gasteiger partial charge in [0.05, 0.1) is 11.1 Å². The van der Waals surface area contributed by atoms with E-state index in [0.717, 1.165) is 38.8 Å². The molecule has 0 aliphatic heterocycles. The molecule has 4 aromatic rings. The van der Waals surface area contributed by atoms with Gasteiger partial charge in [-0.05, 0) is 71.9 Å². The molecule has 0 saturated carbocycles. The number of aryl methyl sites for hydroxylation is 2. The third kappa shape index (κ3) is 4.09. The molecule has 2 atom stereocenters. The summed E-state index contributed by atoms with van der Waals surface area (Å²) in [6, 6.07) is 40.2. The predicted molar refractivity (Wildman–Crippen MR) is 149 cm³/mol. The molecule has 0 heterocycles. The molecule has 0 radical (unpaired) electrons. The number of benzene rings is 4. The smallest absolute Gasteiger partial charge is 0.0667 e. The lowest BCUT2D eigenvalue weighted by atomic mass is 9.58. The highest BCUT2D eigenvalue weighted by Crippen LogP contribution is 2.53. The third-order valence-electron chi connectivity index (χ3n) is 8.55. The summed E-state index contributed by atoms with van der Waals surface area (Å²) < 4.78 is 0. The first-order valence-corrected chi connectivity index (χ1v) is 13.6. The van der Waals surface area contributed by atoms with Gasteiger partial charge in [0.15, 0.2) is 0 Å². The fourth-order valence-electron chi connectivity index (χ4n) is 6.92. The van der Waals surface area contributed by atoms with Crippen molar-refractivity contribution in [3.63, 3.8) is 0 Å². The van der Waals surface area contributed by atoms with Gasteiger partial charge in [0.2, 0.25) is 0 Å². The fraction of sp³-hybridized carbons (Fsp3) is 0.294. The Morgan fingerprint density at radius 3 is 1.31 bits per heavy atom. The summed E-state index contributed by atoms with van der Waals surface area (Å²) >= 11 is 0. The molecule has 2 heteroatoms. The van der Waals surface area contributed by atoms with Crippen LogP contribution in [0.25, 0.3) is 0 Å². The van der Waals surface area contributed by atoms with Gasteiger partial charge in [-0.3, -0.25) is 0 Å². The topological polar surface area (TPSA) is 24.1 Å². The van der Waals surface area contributed by atoms with E-state index in [4.69, 9.17) is 0 Å². The van der Waals surface area contributed by atoms with Crippen molar-refractivity contribution in [1.29, 1.82) is 0 Å². The average molecular weight is 473 g/mol. The molecule has 4 aromatic carbocycles. The molecule has 2 aliphatic rings. The minimum Gasteiger partial charge on any atom is -0.301 e. The van der Waals surface area contributed by atoms with Crippen molar-refractivity contribution in [2.45, 2.75) is 62.7 Å². The molecule has 6 rings (SSSR count). The standard InChI is InChI=1S/C34H36N2/c1-3-13-27(14-4-1)25-35-33(23-11-19-29-17-7-9-21-31(29)33)34(36-26-28-15-5-2-6-16-28)24-12-20-30-18-8-10-22-32(30)34/h1-10,13-18,21-22,35-36H,11-12,19-20,23-26H2/t33-,34+. The van der Waals surface area contributed by atoms with Crippen LogP contribution in [0.5, 0.6) is 0 Å². The number of nitrogens with one attached hydrogen (secondary N) is 2. The molecule has 0 aromatic heterocycles. The maximum absolute atomic E-state index is 4.23. The van der Waals surface area contributed by atoms with Gasteiger partial charge >= 0.3 is 0 Å². The number of hydrogen-bond donors (Lipinski definition) is 2. The Morgan fingerprint density at radius 1 is 0.472 bits per heavy atom. The van der Waals surface area contributed by atoms with E-state index in [2.05, 4.69) is 120 Å². The number of fused-ring (bicyclic) bond motifs is 2. The molecular weight excluding hydrogens is 436 g/mol. The Hall–Kier alpha value is -3.20. The molecule has 2 N–H and O–H groups in total. The molecular formula is C34H36N2. The second kappa shape index (κ2) is 10.0. The zero-order valence-electron chi connectivity index (χ0n) is 21.0. The summed E-state index contributed by atoms with van der Waals surface area (Å²) in [6.07, 6.45) is 6.92. The van der Waals surface area contributed by atoms with Crippen LogP contribution in [0.2, 0.25) is 0 Å². The van der Waals surface area contributed by atoms with Crippen LogP contribution in [0.4, 0.5) is 0 Å². The van der Waals surface area contributed by atoms with Gasteiger partial charge in [-0.2, -0.15) is 0 Å². The Kier molecular flexibility index (Phi) is 6.48. The van der Waals surface area contributed by atoms with Gasteiger partial charge in [-0.25, -0.2) is 0 Å². The second-order valence-electron chi connectivity index (χ2n) is 10.5. The Morgan fingerprint density at radius 2 is 0.861 bits per heavy atom. The van der Waals surface area contributed by atoms with Gasteiger partial charge in [-0.1, -0.05) is 109 Å². The van der Waals surface area contributed by atoms with Crippen LogP contribution < -0.4 is 10.6 Å². The SMILES string of the molecule is c1ccc(CN[C@@]2([C@@]3(NCc4ccccc4)CCCc4ccccc43)CCCc3ccccc32)cc1. The lowest BCUT2D eigenvalue weighted by Gasteiger charge is -2.57. The van der Waals surface area contributed by atoms with Gasteiger partial charge in [0.25, 0.3) is 0 Å². The monoisotopic (exact) mass is 472 g/mol. The Balaban J connectivity index is 1.53. The summed E-state index contributed by atoms with van der Waals surface area (Å²) in [5.41, 5.74) is 8.20. The van der Waals surface area contributed by atoms with E-state index in [-0.39, 0.29) is 11.1 Å². The van der Waals surface area contributed by atoms with E-state index >= 15 is 0 Å². The molecule has 182 valence electrons. The third-order valence-corrected chi connectivity index (χ3v) is 8.55. The predicted octanol–water partition coefficient (Wildman–Crippen LogP) is 7.03. The van der Waals surface area contributed by atoms with Gasteiger partial charge in [0, 0.05) is 13.1 Å². The van der Waals surface area contributed by atoms with Gasteiger partial charge < -0.3 is 10.6 Å². The van der Waals surface area contributed by atoms with E-state index in [9.17, 15) is 0 Å². The fourth-order valence-corrected chi connectivity index (χ4v) is 6.92. The zero-order valence-corrected chi connectivity index (χ0v) is 21.0. The minimum atomic E-state index is -0.205. The molecule has 0 unspecified atom stereocenters. The molecule has 0 saturated heterocycles. The summed E-state index contributed by atoms with van der Waals surface area (Å²) in [7, 11) is 0. The summed E-state index contributed by atoms with van der Waals surface area (Å²) in [5, 5.41) is 8.47. The van der Waals surface area contributed by atoms with E-state index in [1.165, 1.54) is 46.2 Å². The van der Waals surface area contributed by atoms with Crippen LogP contribution in [-0.4, -0.2) is 0 Å². The largest absolute Gasteiger partial charge is 0.301 e. The first kappa shape index (κ1) is 23.2. The summed E-state index contributed by atoms with van der Waals surface area (Å²) in [5.74, 6) is 0. The Labute approximate surface area is 215 Å². The number of rotatable bonds is 7. The highest BCUT2D eigenvalue weighted by molar-refractivity contribution is 5.47. The van der Waals surface area contributed by atoms with Gasteiger partial charge in [0.1, 0.15) is 0 Å². The van der Waals surface area contributed by atoms with E-state index in [1.54, 1.807) is 0 Å². The van der Waals surface area contributed by atoms with Gasteiger partial charge in [-0.15, -0.1) is 0 Å². The lowest BCUT2D eigenvalue weighted by Crippen LogP contribution is -2.66. The van der Waals surface area contributed by atoms with Crippen molar-refractivity contribution in [1.82, 2.24) is 10.6 Å². The quantitative estimate of drug-likeness (QED) is 0.302. The van der Waals surface area contributed by atoms with Crippen molar-refractivity contribution in [3.05, 3.63) is 143 Å². The van der Waals surface area contributed by atoms with Crippen molar-refractivity contribution in [2.24, 2.45) is 0 Å². The first-order chi connectivity index (χ1) is 17.8. The van der Waals surface area contributed by atoms with Crippen LogP contribution in [0.3, 0.4) is 0 Å². The molecule has 2 nitrogen and oxygen atoms in total. The lowest BCUT2D eigenvalue weighted by molar-refractivity contribution is 0.0771. The number of hydrogen-bond acceptors (Lipinski definition) is 2. The second-order valence-corrected chi connectivity index (χ2v) is 10.5. The molecule has 36 heavy (non-hydrogen) atoms. The molecule has 0 fully saturated rings. The maximum atomic E-state index is 4.23. The van der Waals surface area contributed by atoms with Crippen LogP contribution >= 0.6 is 0 Å². The van der Waals surface area contributed by atoms with Crippen LogP contribution in [0.1, 0.15) is 59.1 Å². The molecule has 0 spiro atoms. The average Bonchev–Trinajstić information content (AvgIpc) is 2.96. The summed E-state index contributed by atoms with van der Waals surface area (Å²) in [4.78, 5) is 0. The highest BCUT2D eigenvalue weighted by atomic mass is 15.1. The molecule has 0 amide bonds. The molecule has 2 aliphatic carbocycles. The normalized spacial score (nSPS) is 23.0. The minimum absolute atomic E-state index is 0.205. The van der Waals surface area contributed by atoms with E-state index in [0.29, 0.717) is 0 Å². The summed E-state index contributed by atoms with van der Waals surface area (Å²) in [6.45, 7) is 1.71. The zero-order chi connectivity index (χ0) is 24.3. The van der Waals surface area contributed by atoms with E-state index in [1.807, 2.05) is 0 Å². The van der Waals surface area contributed by atoms with Crippen molar-refractivity contribution >= 4 is 0 Å².